The molecule has 5 unspecified atom stereocenters. The number of piperazine rings is 1. The van der Waals surface area contributed by atoms with Gasteiger partial charge in [-0.05, 0) is 238 Å². The summed E-state index contributed by atoms with van der Waals surface area (Å²) in [7, 11) is 5.48. The molecule has 8 aromatic rings. The molecule has 7 N–H and O–H groups in total. The van der Waals surface area contributed by atoms with E-state index in [1.807, 2.05) is 166 Å². The Balaban J connectivity index is 0.000000194. The van der Waals surface area contributed by atoms with Gasteiger partial charge in [-0.15, -0.1) is 11.3 Å². The Labute approximate surface area is 891 Å². The van der Waals surface area contributed by atoms with Crippen molar-refractivity contribution in [3.63, 3.8) is 0 Å². The molecule has 0 saturated carbocycles. The van der Waals surface area contributed by atoms with Crippen LogP contribution in [-0.2, 0) is 44.7 Å². The molecule has 0 radical (unpaired) electrons. The van der Waals surface area contributed by atoms with Crippen LogP contribution in [0.5, 0.6) is 80.5 Å². The average molecular weight is 2120 g/mol. The Morgan fingerprint density at radius 2 is 0.793 bits per heavy atom. The van der Waals surface area contributed by atoms with E-state index in [9.17, 15) is 69.3 Å². The third-order valence-electron chi connectivity index (χ3n) is 25.8. The Kier molecular flexibility index (Phi) is 48.6. The van der Waals surface area contributed by atoms with Crippen molar-refractivity contribution in [2.75, 3.05) is 158 Å². The minimum Gasteiger partial charge on any atom is -0.508 e. The molecule has 0 bridgehead atoms. The summed E-state index contributed by atoms with van der Waals surface area (Å²) in [6.45, 7) is 40.4. The van der Waals surface area contributed by atoms with Gasteiger partial charge in [-0.25, -0.2) is 14.4 Å². The summed E-state index contributed by atoms with van der Waals surface area (Å²) >= 11 is 3.21. The van der Waals surface area contributed by atoms with Crippen LogP contribution in [0, 0.1) is 54.4 Å². The normalized spacial score (nSPS) is 17.4. The summed E-state index contributed by atoms with van der Waals surface area (Å²) in [6.07, 6.45) is 9.19. The fourth-order valence-corrected chi connectivity index (χ4v) is 18.8. The monoisotopic (exact) mass is 2120 g/mol. The lowest BCUT2D eigenvalue weighted by atomic mass is 10.0. The van der Waals surface area contributed by atoms with Gasteiger partial charge in [0.2, 0.25) is 17.7 Å². The second-order valence-electron chi connectivity index (χ2n) is 38.8. The van der Waals surface area contributed by atoms with Crippen LogP contribution in [0.4, 0.5) is 14.4 Å². The van der Waals surface area contributed by atoms with Gasteiger partial charge in [0.1, 0.15) is 127 Å². The van der Waals surface area contributed by atoms with Gasteiger partial charge in [-0.3, -0.25) is 29.0 Å². The molecular formula is C114H156N8O26S2. The van der Waals surface area contributed by atoms with Gasteiger partial charge in [-0.1, -0.05) is 75.4 Å². The molecule has 6 fully saturated rings. The minimum absolute atomic E-state index is 0.0214. The van der Waals surface area contributed by atoms with Crippen molar-refractivity contribution in [2.24, 2.45) is 5.92 Å². The molecule has 7 aliphatic rings. The van der Waals surface area contributed by atoms with Gasteiger partial charge in [0.05, 0.1) is 79.8 Å². The van der Waals surface area contributed by atoms with Crippen molar-refractivity contribution in [1.29, 1.82) is 0 Å². The van der Waals surface area contributed by atoms with E-state index in [1.54, 1.807) is 163 Å². The van der Waals surface area contributed by atoms with Crippen molar-refractivity contribution in [3.05, 3.63) is 212 Å². The van der Waals surface area contributed by atoms with Crippen molar-refractivity contribution < 1.29 is 126 Å². The summed E-state index contributed by atoms with van der Waals surface area (Å²) < 4.78 is 67.3. The topological polar surface area (TPSA) is 398 Å². The predicted octanol–water partition coefficient (Wildman–Crippen LogP) is 18.4. The highest BCUT2D eigenvalue weighted by Crippen LogP contribution is 2.37. The quantitative estimate of drug-likeness (QED) is 0.0224. The van der Waals surface area contributed by atoms with Crippen LogP contribution in [0.1, 0.15) is 161 Å². The van der Waals surface area contributed by atoms with E-state index in [2.05, 4.69) is 4.90 Å². The van der Waals surface area contributed by atoms with E-state index in [-0.39, 0.29) is 143 Å². The second kappa shape index (κ2) is 60.6. The van der Waals surface area contributed by atoms with Gasteiger partial charge in [0.15, 0.2) is 0 Å². The molecule has 7 aromatic carbocycles. The number of thioether (sulfide) groups is 1. The number of hydrogen-bond acceptors (Lipinski definition) is 29. The second-order valence-corrected chi connectivity index (χ2v) is 40.8. The van der Waals surface area contributed by atoms with Crippen LogP contribution in [-0.4, -0.2) is 323 Å². The first-order valence-electron chi connectivity index (χ1n) is 51.5. The van der Waals surface area contributed by atoms with Crippen LogP contribution < -0.4 is 33.2 Å². The third-order valence-corrected chi connectivity index (χ3v) is 27.9. The molecule has 15 rings (SSSR count). The zero-order chi connectivity index (χ0) is 109. The maximum Gasteiger partial charge on any atom is 0.410 e. The van der Waals surface area contributed by atoms with Gasteiger partial charge in [0.25, 0.3) is 5.91 Å². The van der Waals surface area contributed by atoms with E-state index in [0.29, 0.717) is 178 Å². The number of carbonyl (C=O) groups is 7. The molecule has 150 heavy (non-hydrogen) atoms. The molecule has 5 atom stereocenters. The number of phenols is 7. The molecule has 6 saturated heterocycles. The highest BCUT2D eigenvalue weighted by atomic mass is 32.2. The number of morpholine rings is 2. The number of ether oxygens (including phenoxy) is 12. The van der Waals surface area contributed by atoms with Gasteiger partial charge in [-0.2, -0.15) is 11.8 Å². The predicted molar refractivity (Wildman–Crippen MR) is 579 cm³/mol. The number of aromatic hydroxyl groups is 7. The number of hydrogen-bond donors (Lipinski definition) is 7. The lowest BCUT2D eigenvalue weighted by Gasteiger charge is -2.39. The average Bonchev–Trinajstić information content (AvgIpc) is 1.76. The van der Waals surface area contributed by atoms with E-state index in [0.717, 1.165) is 104 Å². The maximum absolute atomic E-state index is 12.5. The van der Waals surface area contributed by atoms with E-state index in [1.165, 1.54) is 11.3 Å². The van der Waals surface area contributed by atoms with E-state index >= 15 is 0 Å². The highest BCUT2D eigenvalue weighted by molar-refractivity contribution is 7.99. The van der Waals surface area contributed by atoms with Crippen molar-refractivity contribution in [1.82, 2.24) is 39.2 Å². The summed E-state index contributed by atoms with van der Waals surface area (Å²) in [5.74, 6) is 8.19. The van der Waals surface area contributed by atoms with Crippen LogP contribution >= 0.6 is 23.1 Å². The Morgan fingerprint density at radius 1 is 0.420 bits per heavy atom. The smallest absolute Gasteiger partial charge is 0.410 e. The molecule has 820 valence electrons. The number of rotatable bonds is 28. The minimum atomic E-state index is -0.348. The molecule has 7 heterocycles. The number of nitrogens with zero attached hydrogens (tertiary/aromatic N) is 8. The fourth-order valence-electron chi connectivity index (χ4n) is 16.8. The Bertz CT molecular complexity index is 5650. The van der Waals surface area contributed by atoms with Crippen LogP contribution in [0.2, 0.25) is 0 Å². The molecule has 36 heteroatoms. The Hall–Kier alpha value is -13.2. The van der Waals surface area contributed by atoms with Crippen LogP contribution in [0.15, 0.2) is 162 Å². The summed E-state index contributed by atoms with van der Waals surface area (Å²) in [4.78, 5) is 100. The number of allylic oxidation sites excluding steroid dienone is 1. The number of amides is 7. The van der Waals surface area contributed by atoms with E-state index in [4.69, 9.17) is 56.8 Å². The molecular weight excluding hydrogens is 1960 g/mol. The molecule has 1 aromatic heterocycles. The summed E-state index contributed by atoms with van der Waals surface area (Å²) in [5.41, 5.74) is 7.61. The number of benzene rings is 7. The third kappa shape index (κ3) is 36.3. The molecule has 6 aliphatic heterocycles. The first-order chi connectivity index (χ1) is 71.7. The fraction of sp³-hybridized carbons (Fsp3) is 0.500. The number of likely N-dealkylation sites (tertiary alicyclic amines) is 2. The van der Waals surface area contributed by atoms with E-state index < -0.39 is 0 Å². The van der Waals surface area contributed by atoms with Gasteiger partial charge in [0, 0.05) is 147 Å². The van der Waals surface area contributed by atoms with Crippen molar-refractivity contribution in [3.8, 4) is 80.5 Å². The number of carbonyl (C=O) groups excluding carboxylic acids is 7. The van der Waals surface area contributed by atoms with Crippen molar-refractivity contribution >= 4 is 65.0 Å². The molecule has 0 spiro atoms. The first-order valence-corrected chi connectivity index (χ1v) is 53.5. The number of phenolic OH excluding ortho intramolecular Hbond substituents is 7. The largest absolute Gasteiger partial charge is 0.508 e. The van der Waals surface area contributed by atoms with Crippen molar-refractivity contribution in [2.45, 2.75) is 211 Å². The first kappa shape index (κ1) is 120. The molecule has 34 nitrogen and oxygen atoms in total. The maximum atomic E-state index is 12.5. The number of likely N-dealkylation sites (N-methyl/N-ethyl adjacent to an activating group) is 1. The van der Waals surface area contributed by atoms with Crippen LogP contribution in [0.25, 0.3) is 0 Å². The zero-order valence-corrected chi connectivity index (χ0v) is 92.1. The van der Waals surface area contributed by atoms with Crippen LogP contribution in [0.3, 0.4) is 0 Å². The lowest BCUT2D eigenvalue weighted by molar-refractivity contribution is -0.141. The summed E-state index contributed by atoms with van der Waals surface area (Å²) in [5, 5.41) is 69.7. The standard InChI is InChI=1S/C18H21NO3.C17H26N2O4.C17H25NO3.C16H23NO5.C16H23NO4S.C15H21NO4.C15H17NO3S/c1-13-16(20)8-5-9-17(13)22-12-14-6-4-7-15(14)18(21)19-10-2-3-11-19;1-12(2)23-17(21)19-9-8-18(4)10-14(19)11-22-16-7-5-6-15(20)13(16)3;1-12(2)17(20)18-10-5-4-7-14(18)11-21-16-9-6-8-15(19)13(16)3;1-11(2)22-16(19)17-7-8-20-9-13(17)10-21-15-6-4-5-14(18)12(15)3;1-11(2)21-16(19)17-7-8-22-10-13(17)9-20-15-6-4-5-14(18)12(15)3;1-3-15(18)16-7-8-19-9-12(16)10-20-14-6-4-5-13(17)11(14)2;1-10-12(17)5-4-6-13(10)19-9-11-7-8-20-14(11)15(18)16(2)3/h4-6,8-9,20H,2-3,7,10-12H2,1H3;5-7,12,14,20H,8-11H2,1-4H3;6,8-9,12,14,19H,4-5,7,10-11H2,1-3H3;2*4-6,11,13,18H,7-10H2,1-3H3;4-6,12,17H,3,7-10H2,1-2H3;4-8,17H,9H2,1-3H3. The van der Waals surface area contributed by atoms with Gasteiger partial charge >= 0.3 is 18.3 Å². The lowest BCUT2D eigenvalue weighted by Crippen LogP contribution is -2.56. The molecule has 1 aliphatic carbocycles. The number of piperidine rings is 1. The summed E-state index contributed by atoms with van der Waals surface area (Å²) in [6, 6.07) is 38.0. The Morgan fingerprint density at radius 3 is 1.21 bits per heavy atom. The zero-order valence-electron chi connectivity index (χ0n) is 90.4. The SMILES string of the molecule is CCC(=O)N1CCOCC1COc1cccc(O)c1C.Cc1c(O)cccc1OCC1=C(C(=O)N2CCCC2)CC=C1.Cc1c(O)cccc1OCC1CCCCN1C(=O)C(C)C.Cc1c(O)cccc1OCC1CN(C)CCN1C(=O)OC(C)C.Cc1c(O)cccc1OCC1COCCN1C(=O)OC(C)C.Cc1c(O)cccc1OCC1CSCCN1C(=O)OC(C)C.Cc1c(O)cccc1OCc1ccsc1C(=O)N(C)C. The number of thiophene rings is 1. The highest BCUT2D eigenvalue weighted by Gasteiger charge is 2.37. The van der Waals surface area contributed by atoms with Gasteiger partial charge < -0.3 is 122 Å². The molecule has 7 amide bonds.